The van der Waals surface area contributed by atoms with Crippen LogP contribution in [0.15, 0.2) is 0 Å². The lowest BCUT2D eigenvalue weighted by atomic mass is 9.88. The summed E-state index contributed by atoms with van der Waals surface area (Å²) in [7, 11) is 2.75. The van der Waals surface area contributed by atoms with Gasteiger partial charge in [0.2, 0.25) is 0 Å². The van der Waals surface area contributed by atoms with E-state index in [-0.39, 0.29) is 17.9 Å². The minimum atomic E-state index is -0.506. The highest BCUT2D eigenvalue weighted by Crippen LogP contribution is 2.42. The van der Waals surface area contributed by atoms with Crippen molar-refractivity contribution in [1.29, 1.82) is 0 Å². The average Bonchev–Trinajstić information content (AvgIpc) is 2.60. The van der Waals surface area contributed by atoms with Crippen LogP contribution in [0.25, 0.3) is 0 Å². The van der Waals surface area contributed by atoms with Crippen molar-refractivity contribution in [2.45, 2.75) is 26.2 Å². The Bertz CT molecular complexity index is 249. The standard InChI is InChI=1S/C10H16O4/c1-10(9(12)14-3)5-4-7(6-10)8(11)13-2/h7H,4-6H2,1-3H3. The SMILES string of the molecule is COC(=O)C1CCC(C)(C(=O)OC)C1. The molecule has 0 aromatic rings. The van der Waals surface area contributed by atoms with Gasteiger partial charge in [0.1, 0.15) is 0 Å². The minimum absolute atomic E-state index is 0.149. The molecule has 2 unspecified atom stereocenters. The number of hydrogen-bond acceptors (Lipinski definition) is 4. The zero-order valence-electron chi connectivity index (χ0n) is 8.83. The Labute approximate surface area is 83.6 Å². The molecule has 2 atom stereocenters. The van der Waals surface area contributed by atoms with Crippen LogP contribution in [0.3, 0.4) is 0 Å². The van der Waals surface area contributed by atoms with Crippen molar-refractivity contribution in [3.8, 4) is 0 Å². The normalized spacial score (nSPS) is 31.2. The molecule has 0 bridgehead atoms. The van der Waals surface area contributed by atoms with E-state index in [0.717, 1.165) is 0 Å². The highest BCUT2D eigenvalue weighted by Gasteiger charge is 2.44. The van der Waals surface area contributed by atoms with Crippen LogP contribution in [0.1, 0.15) is 26.2 Å². The monoisotopic (exact) mass is 200 g/mol. The number of ether oxygens (including phenoxy) is 2. The van der Waals surface area contributed by atoms with Crippen LogP contribution in [-0.4, -0.2) is 26.2 Å². The smallest absolute Gasteiger partial charge is 0.311 e. The van der Waals surface area contributed by atoms with E-state index in [4.69, 9.17) is 4.74 Å². The Morgan fingerprint density at radius 3 is 2.43 bits per heavy atom. The Hall–Kier alpha value is -1.06. The molecule has 0 spiro atoms. The molecule has 0 aliphatic heterocycles. The number of esters is 2. The first-order valence-electron chi connectivity index (χ1n) is 4.70. The van der Waals surface area contributed by atoms with Crippen molar-refractivity contribution in [2.75, 3.05) is 14.2 Å². The first-order chi connectivity index (χ1) is 6.53. The predicted octanol–water partition coefficient (Wildman–Crippen LogP) is 1.14. The topological polar surface area (TPSA) is 52.6 Å². The third-order valence-electron chi connectivity index (χ3n) is 2.95. The van der Waals surface area contributed by atoms with Crippen molar-refractivity contribution in [1.82, 2.24) is 0 Å². The molecule has 1 saturated carbocycles. The van der Waals surface area contributed by atoms with E-state index in [1.54, 1.807) is 0 Å². The first kappa shape index (κ1) is 11.0. The molecule has 1 aliphatic carbocycles. The zero-order chi connectivity index (χ0) is 10.8. The summed E-state index contributed by atoms with van der Waals surface area (Å²) in [5, 5.41) is 0. The molecule has 14 heavy (non-hydrogen) atoms. The van der Waals surface area contributed by atoms with Crippen molar-refractivity contribution in [2.24, 2.45) is 11.3 Å². The molecular weight excluding hydrogens is 184 g/mol. The summed E-state index contributed by atoms with van der Waals surface area (Å²) in [6.07, 6.45) is 1.93. The molecule has 0 heterocycles. The van der Waals surface area contributed by atoms with Crippen molar-refractivity contribution >= 4 is 11.9 Å². The van der Waals surface area contributed by atoms with Crippen LogP contribution in [0.4, 0.5) is 0 Å². The maximum absolute atomic E-state index is 11.4. The summed E-state index contributed by atoms with van der Waals surface area (Å²) in [6, 6.07) is 0. The van der Waals surface area contributed by atoms with Crippen LogP contribution in [0.2, 0.25) is 0 Å². The molecule has 0 radical (unpaired) electrons. The molecule has 4 nitrogen and oxygen atoms in total. The van der Waals surface area contributed by atoms with Crippen LogP contribution in [-0.2, 0) is 19.1 Å². The van der Waals surface area contributed by atoms with Gasteiger partial charge in [0.25, 0.3) is 0 Å². The Morgan fingerprint density at radius 1 is 1.29 bits per heavy atom. The summed E-state index contributed by atoms with van der Waals surface area (Å²) in [6.45, 7) is 1.84. The van der Waals surface area contributed by atoms with Gasteiger partial charge in [-0.25, -0.2) is 0 Å². The van der Waals surface area contributed by atoms with Crippen molar-refractivity contribution in [3.63, 3.8) is 0 Å². The van der Waals surface area contributed by atoms with Gasteiger partial charge in [-0.2, -0.15) is 0 Å². The van der Waals surface area contributed by atoms with Gasteiger partial charge >= 0.3 is 11.9 Å². The van der Waals surface area contributed by atoms with Gasteiger partial charge in [-0.1, -0.05) is 0 Å². The molecule has 1 rings (SSSR count). The maximum atomic E-state index is 11.4. The number of carbonyl (C=O) groups excluding carboxylic acids is 2. The Morgan fingerprint density at radius 2 is 1.93 bits per heavy atom. The predicted molar refractivity (Wildman–Crippen MR) is 49.5 cm³/mol. The van der Waals surface area contributed by atoms with Gasteiger partial charge in [0.05, 0.1) is 25.6 Å². The lowest BCUT2D eigenvalue weighted by molar-refractivity contribution is -0.152. The third kappa shape index (κ3) is 1.89. The molecule has 0 aromatic carbocycles. The molecule has 1 aliphatic rings. The lowest BCUT2D eigenvalue weighted by Crippen LogP contribution is -2.27. The van der Waals surface area contributed by atoms with Gasteiger partial charge in [0.15, 0.2) is 0 Å². The van der Waals surface area contributed by atoms with Gasteiger partial charge in [-0.15, -0.1) is 0 Å². The summed E-state index contributed by atoms with van der Waals surface area (Å²) < 4.78 is 9.36. The number of rotatable bonds is 2. The number of methoxy groups -OCH3 is 2. The number of hydrogen-bond donors (Lipinski definition) is 0. The molecule has 0 N–H and O–H groups in total. The van der Waals surface area contributed by atoms with Crippen molar-refractivity contribution < 1.29 is 19.1 Å². The van der Waals surface area contributed by atoms with Gasteiger partial charge < -0.3 is 9.47 Å². The number of carbonyl (C=O) groups is 2. The fourth-order valence-electron chi connectivity index (χ4n) is 2.04. The van der Waals surface area contributed by atoms with E-state index in [1.807, 2.05) is 6.92 Å². The molecule has 0 amide bonds. The van der Waals surface area contributed by atoms with Crippen LogP contribution in [0.5, 0.6) is 0 Å². The molecule has 0 aromatic heterocycles. The molecular formula is C10H16O4. The highest BCUT2D eigenvalue weighted by atomic mass is 16.5. The van der Waals surface area contributed by atoms with E-state index in [0.29, 0.717) is 19.3 Å². The fraction of sp³-hybridized carbons (Fsp3) is 0.800. The van der Waals surface area contributed by atoms with E-state index in [2.05, 4.69) is 4.74 Å². The molecule has 1 fully saturated rings. The minimum Gasteiger partial charge on any atom is -0.469 e. The quantitative estimate of drug-likeness (QED) is 0.627. The second-order valence-electron chi connectivity index (χ2n) is 4.02. The van der Waals surface area contributed by atoms with Crippen molar-refractivity contribution in [3.05, 3.63) is 0 Å². The lowest BCUT2D eigenvalue weighted by Gasteiger charge is -2.19. The second kappa shape index (κ2) is 3.98. The highest BCUT2D eigenvalue weighted by molar-refractivity contribution is 5.80. The molecule has 80 valence electrons. The van der Waals surface area contributed by atoms with Gasteiger partial charge in [-0.3, -0.25) is 9.59 Å². The van der Waals surface area contributed by atoms with Crippen LogP contribution >= 0.6 is 0 Å². The summed E-state index contributed by atoms with van der Waals surface area (Å²) in [5.74, 6) is -0.606. The summed E-state index contributed by atoms with van der Waals surface area (Å²) in [5.41, 5.74) is -0.506. The summed E-state index contributed by atoms with van der Waals surface area (Å²) in [4.78, 5) is 22.7. The summed E-state index contributed by atoms with van der Waals surface area (Å²) >= 11 is 0. The molecule has 0 saturated heterocycles. The maximum Gasteiger partial charge on any atom is 0.311 e. The molecule has 4 heteroatoms. The van der Waals surface area contributed by atoms with Crippen LogP contribution in [0, 0.1) is 11.3 Å². The Balaban J connectivity index is 2.64. The van der Waals surface area contributed by atoms with E-state index >= 15 is 0 Å². The largest absolute Gasteiger partial charge is 0.469 e. The van der Waals surface area contributed by atoms with Gasteiger partial charge in [-0.05, 0) is 26.2 Å². The van der Waals surface area contributed by atoms with Gasteiger partial charge in [0, 0.05) is 0 Å². The fourth-order valence-corrected chi connectivity index (χ4v) is 2.04. The third-order valence-corrected chi connectivity index (χ3v) is 2.95. The zero-order valence-corrected chi connectivity index (χ0v) is 8.83. The first-order valence-corrected chi connectivity index (χ1v) is 4.70. The van der Waals surface area contributed by atoms with E-state index in [9.17, 15) is 9.59 Å². The second-order valence-corrected chi connectivity index (χ2v) is 4.02. The average molecular weight is 200 g/mol. The van der Waals surface area contributed by atoms with E-state index < -0.39 is 5.41 Å². The van der Waals surface area contributed by atoms with Crippen LogP contribution < -0.4 is 0 Å². The van der Waals surface area contributed by atoms with E-state index in [1.165, 1.54) is 14.2 Å². The Kier molecular flexibility index (Phi) is 3.13.